The van der Waals surface area contributed by atoms with Crippen LogP contribution in [0.1, 0.15) is 6.42 Å². The Kier molecular flexibility index (Phi) is 7.14. The molecule has 164 valence electrons. The molecule has 0 atom stereocenters. The van der Waals surface area contributed by atoms with E-state index in [9.17, 15) is 9.59 Å². The fraction of sp³-hybridized carbons (Fsp3) is 0.167. The Morgan fingerprint density at radius 2 is 1.50 bits per heavy atom. The lowest BCUT2D eigenvalue weighted by Gasteiger charge is -2.21. The zero-order valence-corrected chi connectivity index (χ0v) is 18.1. The van der Waals surface area contributed by atoms with Gasteiger partial charge in [-0.2, -0.15) is 0 Å². The maximum absolute atomic E-state index is 12.6. The molecule has 0 fully saturated rings. The molecule has 7 nitrogen and oxygen atoms in total. The number of ether oxygens (including phenoxy) is 2. The van der Waals surface area contributed by atoms with Gasteiger partial charge in [-0.15, -0.1) is 0 Å². The van der Waals surface area contributed by atoms with Gasteiger partial charge in [0.1, 0.15) is 13.2 Å². The summed E-state index contributed by atoms with van der Waals surface area (Å²) in [7, 11) is 0. The minimum atomic E-state index is -0.358. The fourth-order valence-electron chi connectivity index (χ4n) is 3.07. The van der Waals surface area contributed by atoms with Crippen LogP contribution < -0.4 is 25.4 Å². The molecule has 32 heavy (non-hydrogen) atoms. The Morgan fingerprint density at radius 1 is 0.844 bits per heavy atom. The van der Waals surface area contributed by atoms with Crippen LogP contribution >= 0.6 is 11.8 Å². The van der Waals surface area contributed by atoms with Crippen molar-refractivity contribution in [1.29, 1.82) is 0 Å². The molecular formula is C24H23N3O4S. The van der Waals surface area contributed by atoms with Gasteiger partial charge in [0, 0.05) is 40.6 Å². The number of rotatable bonds is 7. The maximum Gasteiger partial charge on any atom is 0.319 e. The van der Waals surface area contributed by atoms with Crippen LogP contribution in [0.15, 0.2) is 82.6 Å². The number of carbonyl (C=O) groups excluding carboxylic acids is 2. The van der Waals surface area contributed by atoms with Gasteiger partial charge in [0.2, 0.25) is 5.91 Å². The van der Waals surface area contributed by atoms with Crippen molar-refractivity contribution >= 4 is 35.1 Å². The summed E-state index contributed by atoms with van der Waals surface area (Å²) < 4.78 is 11.4. The van der Waals surface area contributed by atoms with Gasteiger partial charge >= 0.3 is 6.03 Å². The normalized spacial score (nSPS) is 12.0. The van der Waals surface area contributed by atoms with Gasteiger partial charge in [-0.3, -0.25) is 4.79 Å². The van der Waals surface area contributed by atoms with Crippen molar-refractivity contribution in [2.24, 2.45) is 0 Å². The van der Waals surface area contributed by atoms with E-state index in [2.05, 4.69) is 16.0 Å². The van der Waals surface area contributed by atoms with Crippen LogP contribution in [0.4, 0.5) is 16.2 Å². The molecule has 4 rings (SSSR count). The number of nitrogens with one attached hydrogen (secondary N) is 3. The standard InChI is InChI=1S/C24H23N3O4S/c28-23(11-12-25-24(29)26-17-7-3-1-4-8-17)27-19-15-20-21(31-14-13-30-20)16-22(19)32-18-9-5-2-6-10-18/h1-10,15-16H,11-14H2,(H,27,28)(H2,25,26,29). The van der Waals surface area contributed by atoms with Crippen molar-refractivity contribution in [3.05, 3.63) is 72.8 Å². The predicted octanol–water partition coefficient (Wildman–Crippen LogP) is 4.76. The minimum absolute atomic E-state index is 0.131. The van der Waals surface area contributed by atoms with E-state index >= 15 is 0 Å². The molecule has 0 bridgehead atoms. The highest BCUT2D eigenvalue weighted by Gasteiger charge is 2.18. The SMILES string of the molecule is O=C(CCNC(=O)Nc1ccccc1)Nc1cc2c(cc1Sc1ccccc1)OCCO2. The topological polar surface area (TPSA) is 88.7 Å². The van der Waals surface area contributed by atoms with E-state index in [1.165, 1.54) is 11.8 Å². The summed E-state index contributed by atoms with van der Waals surface area (Å²) in [5.74, 6) is 1.05. The number of hydrogen-bond donors (Lipinski definition) is 3. The molecular weight excluding hydrogens is 426 g/mol. The van der Waals surface area contributed by atoms with Gasteiger partial charge in [0.25, 0.3) is 0 Å². The van der Waals surface area contributed by atoms with E-state index in [1.807, 2.05) is 54.6 Å². The third kappa shape index (κ3) is 5.95. The second-order valence-electron chi connectivity index (χ2n) is 6.95. The van der Waals surface area contributed by atoms with Crippen LogP contribution in [0.5, 0.6) is 11.5 Å². The smallest absolute Gasteiger partial charge is 0.319 e. The molecule has 8 heteroatoms. The van der Waals surface area contributed by atoms with Crippen LogP contribution in [0, 0.1) is 0 Å². The monoisotopic (exact) mass is 449 g/mol. The van der Waals surface area contributed by atoms with Crippen molar-refractivity contribution in [2.45, 2.75) is 16.2 Å². The van der Waals surface area contributed by atoms with E-state index in [4.69, 9.17) is 9.47 Å². The molecule has 0 aromatic heterocycles. The molecule has 3 aromatic rings. The van der Waals surface area contributed by atoms with E-state index in [0.717, 1.165) is 9.79 Å². The zero-order valence-electron chi connectivity index (χ0n) is 17.3. The average molecular weight is 450 g/mol. The van der Waals surface area contributed by atoms with Gasteiger partial charge in [-0.1, -0.05) is 48.2 Å². The molecule has 1 heterocycles. The average Bonchev–Trinajstić information content (AvgIpc) is 2.81. The number of urea groups is 1. The zero-order chi connectivity index (χ0) is 22.2. The largest absolute Gasteiger partial charge is 0.486 e. The summed E-state index contributed by atoms with van der Waals surface area (Å²) in [5, 5.41) is 8.35. The first-order valence-electron chi connectivity index (χ1n) is 10.2. The van der Waals surface area contributed by atoms with E-state index < -0.39 is 0 Å². The number of hydrogen-bond acceptors (Lipinski definition) is 5. The van der Waals surface area contributed by atoms with Crippen LogP contribution in [-0.4, -0.2) is 31.7 Å². The third-order valence-corrected chi connectivity index (χ3v) is 5.62. The Labute approximate surface area is 190 Å². The lowest BCUT2D eigenvalue weighted by molar-refractivity contribution is -0.116. The summed E-state index contributed by atoms with van der Waals surface area (Å²) in [6, 6.07) is 22.3. The van der Waals surface area contributed by atoms with Crippen molar-refractivity contribution in [3.8, 4) is 11.5 Å². The van der Waals surface area contributed by atoms with Crippen molar-refractivity contribution in [3.63, 3.8) is 0 Å². The second kappa shape index (κ2) is 10.6. The Balaban J connectivity index is 1.37. The third-order valence-electron chi connectivity index (χ3n) is 4.56. The first kappa shape index (κ1) is 21.6. The van der Waals surface area contributed by atoms with Crippen LogP contribution in [0.2, 0.25) is 0 Å². The second-order valence-corrected chi connectivity index (χ2v) is 8.07. The fourth-order valence-corrected chi connectivity index (χ4v) is 4.00. The van der Waals surface area contributed by atoms with Gasteiger partial charge in [-0.25, -0.2) is 4.79 Å². The van der Waals surface area contributed by atoms with Gasteiger partial charge in [-0.05, 0) is 24.3 Å². The van der Waals surface area contributed by atoms with Gasteiger partial charge < -0.3 is 25.4 Å². The van der Waals surface area contributed by atoms with Crippen LogP contribution in [0.25, 0.3) is 0 Å². The summed E-state index contributed by atoms with van der Waals surface area (Å²) in [5.41, 5.74) is 1.33. The molecule has 0 radical (unpaired) electrons. The Hall–Kier alpha value is -3.65. The van der Waals surface area contributed by atoms with E-state index in [-0.39, 0.29) is 24.9 Å². The van der Waals surface area contributed by atoms with Crippen molar-refractivity contribution in [1.82, 2.24) is 5.32 Å². The highest BCUT2D eigenvalue weighted by Crippen LogP contribution is 2.42. The molecule has 0 saturated heterocycles. The predicted molar refractivity (Wildman–Crippen MR) is 125 cm³/mol. The Bertz CT molecular complexity index is 1080. The first-order valence-corrected chi connectivity index (χ1v) is 11.1. The number of anilines is 2. The molecule has 0 aliphatic carbocycles. The van der Waals surface area contributed by atoms with Crippen LogP contribution in [-0.2, 0) is 4.79 Å². The number of fused-ring (bicyclic) bond motifs is 1. The molecule has 3 N–H and O–H groups in total. The van der Waals surface area contributed by atoms with Gasteiger partial charge in [0.05, 0.1) is 5.69 Å². The van der Waals surface area contributed by atoms with Gasteiger partial charge in [0.15, 0.2) is 11.5 Å². The molecule has 1 aliphatic heterocycles. The summed E-state index contributed by atoms with van der Waals surface area (Å²) in [6.07, 6.45) is 0.131. The summed E-state index contributed by atoms with van der Waals surface area (Å²) in [6.45, 7) is 1.16. The molecule has 0 spiro atoms. The molecule has 3 aromatic carbocycles. The summed E-state index contributed by atoms with van der Waals surface area (Å²) >= 11 is 1.53. The first-order chi connectivity index (χ1) is 15.7. The van der Waals surface area contributed by atoms with E-state index in [1.54, 1.807) is 18.2 Å². The number of para-hydroxylation sites is 1. The van der Waals surface area contributed by atoms with Crippen molar-refractivity contribution in [2.75, 3.05) is 30.4 Å². The molecule has 0 saturated carbocycles. The highest BCUT2D eigenvalue weighted by molar-refractivity contribution is 7.99. The van der Waals surface area contributed by atoms with E-state index in [0.29, 0.717) is 36.1 Å². The number of amides is 3. The maximum atomic E-state index is 12.6. The summed E-state index contributed by atoms with van der Waals surface area (Å²) in [4.78, 5) is 26.4. The van der Waals surface area contributed by atoms with Crippen molar-refractivity contribution < 1.29 is 19.1 Å². The van der Waals surface area contributed by atoms with Crippen LogP contribution in [0.3, 0.4) is 0 Å². The molecule has 3 amide bonds. The quantitative estimate of drug-likeness (QED) is 0.484. The lowest BCUT2D eigenvalue weighted by Crippen LogP contribution is -2.31. The minimum Gasteiger partial charge on any atom is -0.486 e. The molecule has 1 aliphatic rings. The number of benzene rings is 3. The molecule has 0 unspecified atom stereocenters. The lowest BCUT2D eigenvalue weighted by atomic mass is 10.2. The highest BCUT2D eigenvalue weighted by atomic mass is 32.2. The number of carbonyl (C=O) groups is 2. The Morgan fingerprint density at radius 3 is 2.22 bits per heavy atom.